The van der Waals surface area contributed by atoms with Crippen LogP contribution in [0.3, 0.4) is 0 Å². The standard InChI is InChI=1S/C14H14ClN3O2/c1-4-12(19)14-8(2)18-11(7-17-14)9-5-13(20-3)16-6-10(9)15/h4-7,12,19H,1H2,2-3H3. The van der Waals surface area contributed by atoms with E-state index in [1.165, 1.54) is 19.4 Å². The monoisotopic (exact) mass is 291 g/mol. The van der Waals surface area contributed by atoms with E-state index in [1.54, 1.807) is 19.2 Å². The van der Waals surface area contributed by atoms with Crippen molar-refractivity contribution in [3.63, 3.8) is 0 Å². The number of hydrogen-bond acceptors (Lipinski definition) is 5. The van der Waals surface area contributed by atoms with Gasteiger partial charge in [0.1, 0.15) is 6.10 Å². The second-order valence-corrected chi connectivity index (χ2v) is 4.52. The number of rotatable bonds is 4. The molecule has 5 nitrogen and oxygen atoms in total. The molecule has 1 unspecified atom stereocenters. The summed E-state index contributed by atoms with van der Waals surface area (Å²) in [6.45, 7) is 5.30. The van der Waals surface area contributed by atoms with E-state index < -0.39 is 6.10 Å². The molecule has 0 aliphatic rings. The fourth-order valence-corrected chi connectivity index (χ4v) is 1.95. The molecule has 2 rings (SSSR count). The smallest absolute Gasteiger partial charge is 0.213 e. The first-order valence-corrected chi connectivity index (χ1v) is 6.28. The lowest BCUT2D eigenvalue weighted by Gasteiger charge is -2.10. The normalized spacial score (nSPS) is 12.0. The quantitative estimate of drug-likeness (QED) is 0.877. The van der Waals surface area contributed by atoms with Gasteiger partial charge in [0.05, 0.1) is 41.6 Å². The summed E-state index contributed by atoms with van der Waals surface area (Å²) in [5.74, 6) is 0.444. The molecule has 0 aliphatic carbocycles. The van der Waals surface area contributed by atoms with Crippen molar-refractivity contribution in [2.24, 2.45) is 0 Å². The van der Waals surface area contributed by atoms with E-state index in [2.05, 4.69) is 21.5 Å². The average molecular weight is 292 g/mol. The molecule has 0 aromatic carbocycles. The van der Waals surface area contributed by atoms with Gasteiger partial charge in [-0.25, -0.2) is 9.97 Å². The fraction of sp³-hybridized carbons (Fsp3) is 0.214. The van der Waals surface area contributed by atoms with Gasteiger partial charge in [0.15, 0.2) is 0 Å². The molecule has 2 aromatic rings. The van der Waals surface area contributed by atoms with Crippen LogP contribution in [-0.2, 0) is 0 Å². The Bertz CT molecular complexity index is 646. The Morgan fingerprint density at radius 3 is 2.75 bits per heavy atom. The van der Waals surface area contributed by atoms with E-state index in [0.29, 0.717) is 33.5 Å². The summed E-state index contributed by atoms with van der Waals surface area (Å²) in [5, 5.41) is 10.2. The predicted molar refractivity (Wildman–Crippen MR) is 76.7 cm³/mol. The topological polar surface area (TPSA) is 68.1 Å². The van der Waals surface area contributed by atoms with Gasteiger partial charge in [-0.1, -0.05) is 17.7 Å². The lowest BCUT2D eigenvalue weighted by Crippen LogP contribution is -2.03. The van der Waals surface area contributed by atoms with Crippen molar-refractivity contribution in [3.05, 3.63) is 47.5 Å². The molecular formula is C14H14ClN3O2. The number of halogens is 1. The second kappa shape index (κ2) is 5.98. The minimum atomic E-state index is -0.834. The third kappa shape index (κ3) is 2.79. The summed E-state index contributed by atoms with van der Waals surface area (Å²) in [7, 11) is 1.53. The van der Waals surface area contributed by atoms with Crippen LogP contribution in [0.1, 0.15) is 17.5 Å². The van der Waals surface area contributed by atoms with Gasteiger partial charge in [-0.3, -0.25) is 4.98 Å². The Balaban J connectivity index is 2.49. The van der Waals surface area contributed by atoms with Crippen molar-refractivity contribution in [2.45, 2.75) is 13.0 Å². The van der Waals surface area contributed by atoms with Gasteiger partial charge in [-0.2, -0.15) is 0 Å². The Labute approximate surface area is 121 Å². The van der Waals surface area contributed by atoms with Crippen molar-refractivity contribution in [1.29, 1.82) is 0 Å². The first kappa shape index (κ1) is 14.4. The number of hydrogen-bond donors (Lipinski definition) is 1. The molecule has 0 bridgehead atoms. The van der Waals surface area contributed by atoms with Crippen LogP contribution in [-0.4, -0.2) is 27.2 Å². The number of aliphatic hydroxyl groups excluding tert-OH is 1. The van der Waals surface area contributed by atoms with Gasteiger partial charge in [0, 0.05) is 11.6 Å². The predicted octanol–water partition coefficient (Wildman–Crippen LogP) is 2.73. The molecule has 1 atom stereocenters. The maximum Gasteiger partial charge on any atom is 0.213 e. The molecule has 1 N–H and O–H groups in total. The Hall–Kier alpha value is -1.98. The molecule has 0 amide bonds. The number of nitrogens with zero attached hydrogens (tertiary/aromatic N) is 3. The summed E-state index contributed by atoms with van der Waals surface area (Å²) in [4.78, 5) is 12.6. The molecule has 2 aromatic heterocycles. The maximum absolute atomic E-state index is 9.73. The SMILES string of the molecule is C=CC(O)c1ncc(-c2cc(OC)ncc2Cl)nc1C. The van der Waals surface area contributed by atoms with Crippen LogP contribution in [0.25, 0.3) is 11.3 Å². The van der Waals surface area contributed by atoms with Crippen LogP contribution in [0.4, 0.5) is 0 Å². The van der Waals surface area contributed by atoms with Gasteiger partial charge in [0.25, 0.3) is 0 Å². The Morgan fingerprint density at radius 1 is 1.40 bits per heavy atom. The van der Waals surface area contributed by atoms with Crippen LogP contribution in [0, 0.1) is 6.92 Å². The van der Waals surface area contributed by atoms with Gasteiger partial charge >= 0.3 is 0 Å². The van der Waals surface area contributed by atoms with Crippen molar-refractivity contribution in [3.8, 4) is 17.1 Å². The fourth-order valence-electron chi connectivity index (χ4n) is 1.75. The highest BCUT2D eigenvalue weighted by atomic mass is 35.5. The van der Waals surface area contributed by atoms with E-state index in [9.17, 15) is 5.11 Å². The van der Waals surface area contributed by atoms with Gasteiger partial charge < -0.3 is 9.84 Å². The Kier molecular flexibility index (Phi) is 4.32. The molecule has 0 aliphatic heterocycles. The Morgan fingerprint density at radius 2 is 2.15 bits per heavy atom. The average Bonchev–Trinajstić information content (AvgIpc) is 2.47. The summed E-state index contributed by atoms with van der Waals surface area (Å²) in [6, 6.07) is 1.69. The molecule has 20 heavy (non-hydrogen) atoms. The zero-order chi connectivity index (χ0) is 14.7. The van der Waals surface area contributed by atoms with Gasteiger partial charge in [-0.15, -0.1) is 6.58 Å². The van der Waals surface area contributed by atoms with Gasteiger partial charge in [-0.05, 0) is 6.92 Å². The van der Waals surface area contributed by atoms with Crippen LogP contribution >= 0.6 is 11.6 Å². The molecular weight excluding hydrogens is 278 g/mol. The number of aliphatic hydroxyl groups is 1. The van der Waals surface area contributed by atoms with E-state index in [-0.39, 0.29) is 0 Å². The number of methoxy groups -OCH3 is 1. The van der Waals surface area contributed by atoms with Crippen molar-refractivity contribution >= 4 is 11.6 Å². The molecule has 0 fully saturated rings. The third-order valence-electron chi connectivity index (χ3n) is 2.80. The second-order valence-electron chi connectivity index (χ2n) is 4.11. The lowest BCUT2D eigenvalue weighted by atomic mass is 10.1. The van der Waals surface area contributed by atoms with E-state index in [0.717, 1.165) is 0 Å². The highest BCUT2D eigenvalue weighted by Gasteiger charge is 2.13. The lowest BCUT2D eigenvalue weighted by molar-refractivity contribution is 0.222. The number of aromatic nitrogens is 3. The molecule has 0 radical (unpaired) electrons. The first-order chi connectivity index (χ1) is 9.56. The van der Waals surface area contributed by atoms with Crippen LogP contribution < -0.4 is 4.74 Å². The summed E-state index contributed by atoms with van der Waals surface area (Å²) in [5.41, 5.74) is 2.35. The molecule has 104 valence electrons. The highest BCUT2D eigenvalue weighted by molar-refractivity contribution is 6.33. The summed E-state index contributed by atoms with van der Waals surface area (Å²) in [6.07, 6.45) is 3.62. The van der Waals surface area contributed by atoms with Crippen LogP contribution in [0.15, 0.2) is 31.1 Å². The number of ether oxygens (including phenoxy) is 1. The molecule has 0 spiro atoms. The molecule has 0 saturated carbocycles. The summed E-state index contributed by atoms with van der Waals surface area (Å²) < 4.78 is 5.07. The van der Waals surface area contributed by atoms with Crippen molar-refractivity contribution in [2.75, 3.05) is 7.11 Å². The zero-order valence-corrected chi connectivity index (χ0v) is 11.9. The maximum atomic E-state index is 9.73. The molecule has 6 heteroatoms. The highest BCUT2D eigenvalue weighted by Crippen LogP contribution is 2.29. The minimum absolute atomic E-state index is 0.444. The minimum Gasteiger partial charge on any atom is -0.481 e. The van der Waals surface area contributed by atoms with Crippen molar-refractivity contribution in [1.82, 2.24) is 15.0 Å². The number of pyridine rings is 1. The largest absolute Gasteiger partial charge is 0.481 e. The van der Waals surface area contributed by atoms with Crippen LogP contribution in [0.5, 0.6) is 5.88 Å². The number of aryl methyl sites for hydroxylation is 1. The van der Waals surface area contributed by atoms with Crippen molar-refractivity contribution < 1.29 is 9.84 Å². The van der Waals surface area contributed by atoms with E-state index in [1.807, 2.05) is 0 Å². The molecule has 0 saturated heterocycles. The third-order valence-corrected chi connectivity index (χ3v) is 3.10. The van der Waals surface area contributed by atoms with E-state index >= 15 is 0 Å². The first-order valence-electron chi connectivity index (χ1n) is 5.91. The van der Waals surface area contributed by atoms with Crippen LogP contribution in [0.2, 0.25) is 5.02 Å². The van der Waals surface area contributed by atoms with E-state index in [4.69, 9.17) is 16.3 Å². The zero-order valence-electron chi connectivity index (χ0n) is 11.2. The summed E-state index contributed by atoms with van der Waals surface area (Å²) >= 11 is 6.12. The van der Waals surface area contributed by atoms with Gasteiger partial charge in [0.2, 0.25) is 5.88 Å². The molecule has 2 heterocycles.